The third kappa shape index (κ3) is 4.36. The minimum absolute atomic E-state index is 0.0925. The Labute approximate surface area is 119 Å². The molecule has 20 heavy (non-hydrogen) atoms. The van der Waals surface area contributed by atoms with E-state index in [2.05, 4.69) is 10.4 Å². The minimum atomic E-state index is -0.987. The maximum Gasteiger partial charge on any atom is 0.326 e. The summed E-state index contributed by atoms with van der Waals surface area (Å²) in [6.45, 7) is 8.01. The van der Waals surface area contributed by atoms with E-state index in [0.29, 0.717) is 13.0 Å². The third-order valence-electron chi connectivity index (χ3n) is 3.45. The van der Waals surface area contributed by atoms with Crippen molar-refractivity contribution in [3.05, 3.63) is 17.5 Å². The number of carbonyl (C=O) groups is 2. The molecule has 2 atom stereocenters. The molecule has 6 heteroatoms. The van der Waals surface area contributed by atoms with Crippen LogP contribution in [0.25, 0.3) is 0 Å². The van der Waals surface area contributed by atoms with Crippen molar-refractivity contribution in [2.75, 3.05) is 0 Å². The number of carboxylic acid groups (broad SMARTS) is 1. The number of aromatic nitrogens is 2. The number of carbonyl (C=O) groups excluding carboxylic acids is 1. The molecule has 112 valence electrons. The Morgan fingerprint density at radius 2 is 2.10 bits per heavy atom. The lowest BCUT2D eigenvalue weighted by molar-refractivity contribution is -0.143. The summed E-state index contributed by atoms with van der Waals surface area (Å²) in [5.41, 5.74) is 1.90. The molecule has 0 aliphatic carbocycles. The summed E-state index contributed by atoms with van der Waals surface area (Å²) in [6.07, 6.45) is 0.927. The van der Waals surface area contributed by atoms with Gasteiger partial charge in [0.25, 0.3) is 0 Å². The van der Waals surface area contributed by atoms with E-state index in [4.69, 9.17) is 5.11 Å². The summed E-state index contributed by atoms with van der Waals surface area (Å²) >= 11 is 0. The van der Waals surface area contributed by atoms with Gasteiger partial charge in [-0.05, 0) is 25.8 Å². The Morgan fingerprint density at radius 1 is 1.45 bits per heavy atom. The van der Waals surface area contributed by atoms with Crippen LogP contribution in [0.5, 0.6) is 0 Å². The summed E-state index contributed by atoms with van der Waals surface area (Å²) < 4.78 is 1.76. The van der Waals surface area contributed by atoms with Crippen LogP contribution in [0.3, 0.4) is 0 Å². The Balaban J connectivity index is 2.54. The summed E-state index contributed by atoms with van der Waals surface area (Å²) in [5, 5.41) is 16.0. The van der Waals surface area contributed by atoms with Gasteiger partial charge in [-0.1, -0.05) is 20.3 Å². The lowest BCUT2D eigenvalue weighted by Gasteiger charge is -2.20. The van der Waals surface area contributed by atoms with E-state index in [1.165, 1.54) is 0 Å². The standard InChI is InChI=1S/C14H23N3O3/c1-5-9(2)13(14(19)20)15-12(18)6-7-17-11(4)8-10(3)16-17/h8-9,13H,5-7H2,1-4H3,(H,15,18)(H,19,20). The lowest BCUT2D eigenvalue weighted by atomic mass is 9.99. The predicted molar refractivity (Wildman–Crippen MR) is 75.3 cm³/mol. The third-order valence-corrected chi connectivity index (χ3v) is 3.45. The molecule has 0 saturated carbocycles. The number of hydrogen-bond donors (Lipinski definition) is 2. The van der Waals surface area contributed by atoms with Crippen LogP contribution in [-0.2, 0) is 16.1 Å². The van der Waals surface area contributed by atoms with E-state index in [1.807, 2.05) is 33.8 Å². The van der Waals surface area contributed by atoms with Gasteiger partial charge in [-0.15, -0.1) is 0 Å². The van der Waals surface area contributed by atoms with Gasteiger partial charge in [0, 0.05) is 18.7 Å². The Hall–Kier alpha value is -1.85. The normalized spacial score (nSPS) is 13.8. The molecule has 0 saturated heterocycles. The zero-order chi connectivity index (χ0) is 15.3. The van der Waals surface area contributed by atoms with E-state index < -0.39 is 12.0 Å². The maximum absolute atomic E-state index is 11.9. The van der Waals surface area contributed by atoms with Gasteiger partial charge in [0.15, 0.2) is 0 Å². The number of rotatable bonds is 7. The fraction of sp³-hybridized carbons (Fsp3) is 0.643. The quantitative estimate of drug-likeness (QED) is 0.793. The maximum atomic E-state index is 11.9. The minimum Gasteiger partial charge on any atom is -0.480 e. The van der Waals surface area contributed by atoms with Gasteiger partial charge in [-0.25, -0.2) is 4.79 Å². The summed E-state index contributed by atoms with van der Waals surface area (Å²) in [6, 6.07) is 1.12. The topological polar surface area (TPSA) is 84.2 Å². The fourth-order valence-corrected chi connectivity index (χ4v) is 2.04. The molecule has 2 unspecified atom stereocenters. The molecule has 6 nitrogen and oxygen atoms in total. The molecular formula is C14H23N3O3. The molecule has 0 fully saturated rings. The Morgan fingerprint density at radius 3 is 2.55 bits per heavy atom. The summed E-state index contributed by atoms with van der Waals surface area (Å²) in [4.78, 5) is 23.0. The highest BCUT2D eigenvalue weighted by Crippen LogP contribution is 2.08. The molecule has 0 aliphatic rings. The highest BCUT2D eigenvalue weighted by atomic mass is 16.4. The SMILES string of the molecule is CCC(C)C(NC(=O)CCn1nc(C)cc1C)C(=O)O. The zero-order valence-electron chi connectivity index (χ0n) is 12.5. The van der Waals surface area contributed by atoms with Crippen LogP contribution in [0.15, 0.2) is 6.07 Å². The van der Waals surface area contributed by atoms with Crippen molar-refractivity contribution >= 4 is 11.9 Å². The average molecular weight is 281 g/mol. The van der Waals surface area contributed by atoms with E-state index in [0.717, 1.165) is 11.4 Å². The highest BCUT2D eigenvalue weighted by Gasteiger charge is 2.25. The number of nitrogens with zero attached hydrogens (tertiary/aromatic N) is 2. The van der Waals surface area contributed by atoms with Gasteiger partial charge < -0.3 is 10.4 Å². The molecular weight excluding hydrogens is 258 g/mol. The molecule has 1 rings (SSSR count). The van der Waals surface area contributed by atoms with Crippen molar-refractivity contribution in [1.82, 2.24) is 15.1 Å². The average Bonchev–Trinajstić information content (AvgIpc) is 2.70. The van der Waals surface area contributed by atoms with Crippen LogP contribution in [-0.4, -0.2) is 32.8 Å². The predicted octanol–water partition coefficient (Wildman–Crippen LogP) is 1.51. The van der Waals surface area contributed by atoms with Gasteiger partial charge in [-0.2, -0.15) is 5.10 Å². The van der Waals surface area contributed by atoms with Crippen molar-refractivity contribution in [2.24, 2.45) is 5.92 Å². The smallest absolute Gasteiger partial charge is 0.326 e. The first-order valence-electron chi connectivity index (χ1n) is 6.88. The second-order valence-corrected chi connectivity index (χ2v) is 5.17. The number of amides is 1. The van der Waals surface area contributed by atoms with Gasteiger partial charge in [-0.3, -0.25) is 9.48 Å². The van der Waals surface area contributed by atoms with Gasteiger partial charge in [0.2, 0.25) is 5.91 Å². The molecule has 1 heterocycles. The molecule has 0 bridgehead atoms. The number of aryl methyl sites for hydroxylation is 3. The molecule has 1 aromatic rings. The summed E-state index contributed by atoms with van der Waals surface area (Å²) in [7, 11) is 0. The number of aliphatic carboxylic acids is 1. The van der Waals surface area contributed by atoms with Crippen molar-refractivity contribution in [3.8, 4) is 0 Å². The molecule has 0 aliphatic heterocycles. The van der Waals surface area contributed by atoms with Crippen molar-refractivity contribution in [2.45, 2.75) is 53.1 Å². The second kappa shape index (κ2) is 7.07. The molecule has 0 spiro atoms. The molecule has 2 N–H and O–H groups in total. The van der Waals surface area contributed by atoms with E-state index in [-0.39, 0.29) is 18.2 Å². The van der Waals surface area contributed by atoms with E-state index in [9.17, 15) is 9.59 Å². The van der Waals surface area contributed by atoms with E-state index >= 15 is 0 Å². The monoisotopic (exact) mass is 281 g/mol. The van der Waals surface area contributed by atoms with Crippen LogP contribution < -0.4 is 5.32 Å². The first-order valence-corrected chi connectivity index (χ1v) is 6.88. The van der Waals surface area contributed by atoms with Gasteiger partial charge in [0.1, 0.15) is 6.04 Å². The zero-order valence-corrected chi connectivity index (χ0v) is 12.5. The van der Waals surface area contributed by atoms with Crippen LogP contribution in [0, 0.1) is 19.8 Å². The van der Waals surface area contributed by atoms with Crippen molar-refractivity contribution in [3.63, 3.8) is 0 Å². The van der Waals surface area contributed by atoms with Crippen LogP contribution >= 0.6 is 0 Å². The van der Waals surface area contributed by atoms with E-state index in [1.54, 1.807) is 4.68 Å². The number of hydrogen-bond acceptors (Lipinski definition) is 3. The first kappa shape index (κ1) is 16.2. The largest absolute Gasteiger partial charge is 0.480 e. The highest BCUT2D eigenvalue weighted by molar-refractivity contribution is 5.83. The van der Waals surface area contributed by atoms with Crippen LogP contribution in [0.4, 0.5) is 0 Å². The molecule has 1 amide bonds. The number of carboxylic acids is 1. The van der Waals surface area contributed by atoms with Crippen molar-refractivity contribution < 1.29 is 14.7 Å². The van der Waals surface area contributed by atoms with Crippen molar-refractivity contribution in [1.29, 1.82) is 0 Å². The number of nitrogens with one attached hydrogen (secondary N) is 1. The first-order chi connectivity index (χ1) is 9.35. The second-order valence-electron chi connectivity index (χ2n) is 5.17. The Bertz CT molecular complexity index is 482. The van der Waals surface area contributed by atoms with Gasteiger partial charge >= 0.3 is 5.97 Å². The molecule has 0 aromatic carbocycles. The van der Waals surface area contributed by atoms with Crippen LogP contribution in [0.1, 0.15) is 38.1 Å². The molecule has 0 radical (unpaired) electrons. The lowest BCUT2D eigenvalue weighted by Crippen LogP contribution is -2.45. The van der Waals surface area contributed by atoms with Gasteiger partial charge in [0.05, 0.1) is 5.69 Å². The summed E-state index contributed by atoms with van der Waals surface area (Å²) in [5.74, 6) is -1.34. The Kier molecular flexibility index (Phi) is 5.73. The fourth-order valence-electron chi connectivity index (χ4n) is 2.04. The molecule has 1 aromatic heterocycles. The van der Waals surface area contributed by atoms with Crippen LogP contribution in [0.2, 0.25) is 0 Å².